The quantitative estimate of drug-likeness (QED) is 0.673. The minimum Gasteiger partial charge on any atom is -0.338 e. The van der Waals surface area contributed by atoms with E-state index in [-0.39, 0.29) is 11.3 Å². The van der Waals surface area contributed by atoms with Gasteiger partial charge < -0.3 is 4.90 Å². The van der Waals surface area contributed by atoms with E-state index in [1.165, 1.54) is 30.4 Å². The molecule has 1 saturated heterocycles. The van der Waals surface area contributed by atoms with E-state index in [9.17, 15) is 4.79 Å². The van der Waals surface area contributed by atoms with Gasteiger partial charge in [-0.05, 0) is 71.7 Å². The predicted octanol–water partition coefficient (Wildman–Crippen LogP) is 3.73. The summed E-state index contributed by atoms with van der Waals surface area (Å²) < 4.78 is 4.75. The summed E-state index contributed by atoms with van der Waals surface area (Å²) in [5.74, 6) is 0.0806. The van der Waals surface area contributed by atoms with Crippen LogP contribution in [0.25, 0.3) is 11.0 Å². The third kappa shape index (κ3) is 2.42. The summed E-state index contributed by atoms with van der Waals surface area (Å²) in [7, 11) is 0. The molecule has 1 aromatic heterocycles. The lowest BCUT2D eigenvalue weighted by molar-refractivity contribution is 0.0617. The molecule has 0 bridgehead atoms. The maximum atomic E-state index is 13.2. The van der Waals surface area contributed by atoms with Crippen molar-refractivity contribution in [3.8, 4) is 0 Å². The number of hydrogen-bond acceptors (Lipinski definition) is 4. The molecule has 1 spiro atoms. The van der Waals surface area contributed by atoms with Crippen molar-refractivity contribution in [3.63, 3.8) is 0 Å². The van der Waals surface area contributed by atoms with Crippen LogP contribution in [0.4, 0.5) is 0 Å². The monoisotopic (exact) mass is 347 g/mol. The SMILES string of the molecule is O=C(c1ccc2nonc2c1)N1CCCC2(CCCc3ccccc32)C1. The maximum absolute atomic E-state index is 13.2. The van der Waals surface area contributed by atoms with E-state index < -0.39 is 0 Å². The Morgan fingerprint density at radius 3 is 2.85 bits per heavy atom. The number of carbonyl (C=O) groups is 1. The molecule has 1 aliphatic carbocycles. The van der Waals surface area contributed by atoms with Crippen LogP contribution in [0.1, 0.15) is 47.2 Å². The molecular weight excluding hydrogens is 326 g/mol. The van der Waals surface area contributed by atoms with E-state index in [1.54, 1.807) is 12.1 Å². The fourth-order valence-electron chi connectivity index (χ4n) is 4.83. The van der Waals surface area contributed by atoms with Gasteiger partial charge in [-0.15, -0.1) is 0 Å². The van der Waals surface area contributed by atoms with E-state index in [2.05, 4.69) is 34.6 Å². The molecule has 0 radical (unpaired) electrons. The van der Waals surface area contributed by atoms with Crippen molar-refractivity contribution in [1.29, 1.82) is 0 Å². The van der Waals surface area contributed by atoms with E-state index >= 15 is 0 Å². The van der Waals surface area contributed by atoms with E-state index in [1.807, 2.05) is 11.0 Å². The van der Waals surface area contributed by atoms with Crippen LogP contribution in [0.3, 0.4) is 0 Å². The van der Waals surface area contributed by atoms with Crippen molar-refractivity contribution in [3.05, 3.63) is 59.2 Å². The lowest BCUT2D eigenvalue weighted by atomic mass is 9.66. The van der Waals surface area contributed by atoms with Gasteiger partial charge in [0.15, 0.2) is 0 Å². The molecular formula is C21H21N3O2. The molecule has 5 heteroatoms. The van der Waals surface area contributed by atoms with Crippen molar-refractivity contribution < 1.29 is 9.42 Å². The molecule has 1 atom stereocenters. The number of aryl methyl sites for hydroxylation is 1. The molecule has 1 aliphatic heterocycles. The maximum Gasteiger partial charge on any atom is 0.253 e. The largest absolute Gasteiger partial charge is 0.338 e. The second-order valence-corrected chi connectivity index (χ2v) is 7.59. The Balaban J connectivity index is 1.47. The number of rotatable bonds is 1. The van der Waals surface area contributed by atoms with Crippen LogP contribution >= 0.6 is 0 Å². The lowest BCUT2D eigenvalue weighted by Crippen LogP contribution is -2.49. The second kappa shape index (κ2) is 5.94. The first-order chi connectivity index (χ1) is 12.8. The zero-order chi connectivity index (χ0) is 17.6. The molecule has 5 nitrogen and oxygen atoms in total. The lowest BCUT2D eigenvalue weighted by Gasteiger charge is -2.46. The number of likely N-dealkylation sites (tertiary alicyclic amines) is 1. The van der Waals surface area contributed by atoms with Crippen LogP contribution in [0, 0.1) is 0 Å². The fraction of sp³-hybridized carbons (Fsp3) is 0.381. The van der Waals surface area contributed by atoms with Crippen LogP contribution < -0.4 is 0 Å². The summed E-state index contributed by atoms with van der Waals surface area (Å²) in [5.41, 5.74) is 5.00. The van der Waals surface area contributed by atoms with Gasteiger partial charge in [0.1, 0.15) is 11.0 Å². The van der Waals surface area contributed by atoms with Crippen LogP contribution in [-0.2, 0) is 11.8 Å². The molecule has 3 aromatic rings. The highest BCUT2D eigenvalue weighted by molar-refractivity contribution is 5.97. The van der Waals surface area contributed by atoms with Crippen molar-refractivity contribution >= 4 is 16.9 Å². The Morgan fingerprint density at radius 2 is 1.88 bits per heavy atom. The normalized spacial score (nSPS) is 22.5. The average molecular weight is 347 g/mol. The van der Waals surface area contributed by atoms with Crippen molar-refractivity contribution in [2.75, 3.05) is 13.1 Å². The highest BCUT2D eigenvalue weighted by Gasteiger charge is 2.41. The summed E-state index contributed by atoms with van der Waals surface area (Å²) in [5, 5.41) is 7.68. The Labute approximate surface area is 152 Å². The molecule has 1 unspecified atom stereocenters. The van der Waals surface area contributed by atoms with Crippen LogP contribution in [0.15, 0.2) is 47.1 Å². The van der Waals surface area contributed by atoms with Gasteiger partial charge in [-0.1, -0.05) is 24.3 Å². The Bertz CT molecular complexity index is 980. The van der Waals surface area contributed by atoms with Gasteiger partial charge in [0.05, 0.1) is 0 Å². The third-order valence-corrected chi connectivity index (χ3v) is 6.05. The fourth-order valence-corrected chi connectivity index (χ4v) is 4.83. The molecule has 26 heavy (non-hydrogen) atoms. The molecule has 1 fully saturated rings. The number of fused-ring (bicyclic) bond motifs is 3. The Morgan fingerprint density at radius 1 is 1.04 bits per heavy atom. The number of benzene rings is 2. The number of hydrogen-bond donors (Lipinski definition) is 0. The molecule has 1 amide bonds. The minimum atomic E-state index is 0.0806. The molecule has 5 rings (SSSR count). The number of amides is 1. The Hall–Kier alpha value is -2.69. The van der Waals surface area contributed by atoms with Crippen LogP contribution in [0.5, 0.6) is 0 Å². The smallest absolute Gasteiger partial charge is 0.253 e. The molecule has 132 valence electrons. The van der Waals surface area contributed by atoms with Gasteiger partial charge in [0.25, 0.3) is 5.91 Å². The number of piperidine rings is 1. The first-order valence-electron chi connectivity index (χ1n) is 9.35. The van der Waals surface area contributed by atoms with Gasteiger partial charge in [-0.25, -0.2) is 4.63 Å². The van der Waals surface area contributed by atoms with Crippen LogP contribution in [0.2, 0.25) is 0 Å². The topological polar surface area (TPSA) is 59.2 Å². The zero-order valence-corrected chi connectivity index (χ0v) is 14.6. The standard InChI is InChI=1S/C21H21N3O2/c25-20(16-8-9-18-19(13-16)23-26-22-18)24-12-4-11-21(14-24)10-3-6-15-5-1-2-7-17(15)21/h1-2,5,7-9,13H,3-4,6,10-12,14H2. The first-order valence-corrected chi connectivity index (χ1v) is 9.35. The van der Waals surface area contributed by atoms with Gasteiger partial charge in [-0.2, -0.15) is 0 Å². The highest BCUT2D eigenvalue weighted by atomic mass is 16.6. The molecule has 0 saturated carbocycles. The van der Waals surface area contributed by atoms with Gasteiger partial charge in [-0.3, -0.25) is 4.79 Å². The van der Waals surface area contributed by atoms with E-state index in [4.69, 9.17) is 4.63 Å². The molecule has 2 aromatic carbocycles. The Kier molecular flexibility index (Phi) is 3.55. The van der Waals surface area contributed by atoms with Gasteiger partial charge in [0, 0.05) is 24.1 Å². The predicted molar refractivity (Wildman–Crippen MR) is 98.0 cm³/mol. The number of carbonyl (C=O) groups excluding carboxylic acids is 1. The third-order valence-electron chi connectivity index (χ3n) is 6.05. The average Bonchev–Trinajstić information content (AvgIpc) is 3.16. The van der Waals surface area contributed by atoms with E-state index in [0.717, 1.165) is 25.9 Å². The van der Waals surface area contributed by atoms with E-state index in [0.29, 0.717) is 16.6 Å². The van der Waals surface area contributed by atoms with Crippen molar-refractivity contribution in [2.45, 2.75) is 37.5 Å². The molecule has 0 N–H and O–H groups in total. The summed E-state index contributed by atoms with van der Waals surface area (Å²) in [6.07, 6.45) is 5.74. The minimum absolute atomic E-state index is 0.0806. The van der Waals surface area contributed by atoms with Crippen molar-refractivity contribution in [2.24, 2.45) is 0 Å². The van der Waals surface area contributed by atoms with Gasteiger partial charge in [0.2, 0.25) is 0 Å². The van der Waals surface area contributed by atoms with Crippen LogP contribution in [-0.4, -0.2) is 34.2 Å². The van der Waals surface area contributed by atoms with Gasteiger partial charge >= 0.3 is 0 Å². The molecule has 2 heterocycles. The highest BCUT2D eigenvalue weighted by Crippen LogP contribution is 2.43. The summed E-state index contributed by atoms with van der Waals surface area (Å²) in [6, 6.07) is 14.2. The summed E-state index contributed by atoms with van der Waals surface area (Å²) in [6.45, 7) is 1.62. The first kappa shape index (κ1) is 15.6. The second-order valence-electron chi connectivity index (χ2n) is 7.59. The molecule has 2 aliphatic rings. The number of aromatic nitrogens is 2. The zero-order valence-electron chi connectivity index (χ0n) is 14.6. The number of nitrogens with zero attached hydrogens (tertiary/aromatic N) is 3. The summed E-state index contributed by atoms with van der Waals surface area (Å²) >= 11 is 0. The van der Waals surface area contributed by atoms with Crippen molar-refractivity contribution in [1.82, 2.24) is 15.2 Å². The summed E-state index contributed by atoms with van der Waals surface area (Å²) in [4.78, 5) is 15.2.